The maximum absolute atomic E-state index is 12.5. The Hall–Kier alpha value is -4.83. The van der Waals surface area contributed by atoms with Crippen molar-refractivity contribution in [2.24, 2.45) is 0 Å². The summed E-state index contributed by atoms with van der Waals surface area (Å²) in [6.45, 7) is 0.0718. The van der Waals surface area contributed by atoms with Crippen LogP contribution in [0.15, 0.2) is 88.6 Å². The van der Waals surface area contributed by atoms with Gasteiger partial charge in [-0.3, -0.25) is 9.78 Å². The minimum absolute atomic E-state index is 0.0668. The monoisotopic (exact) mass is 606 g/mol. The number of carbonyl (C=O) groups is 1. The minimum Gasteiger partial charge on any atom is -0.483 e. The summed E-state index contributed by atoms with van der Waals surface area (Å²) in [4.78, 5) is 22.5. The van der Waals surface area contributed by atoms with Crippen molar-refractivity contribution < 1.29 is 13.9 Å². The molecule has 7 rings (SSSR count). The van der Waals surface area contributed by atoms with Crippen molar-refractivity contribution in [1.82, 2.24) is 20.2 Å². The summed E-state index contributed by atoms with van der Waals surface area (Å²) < 4.78 is 13.8. The highest BCUT2D eigenvalue weighted by Crippen LogP contribution is 2.36. The van der Waals surface area contributed by atoms with Crippen LogP contribution in [0.1, 0.15) is 11.5 Å². The number of thiophene rings is 1. The molecule has 0 aliphatic carbocycles. The van der Waals surface area contributed by atoms with Crippen LogP contribution in [-0.4, -0.2) is 31.8 Å². The van der Waals surface area contributed by atoms with Crippen LogP contribution in [0.4, 0.5) is 5.13 Å². The number of nitrogens with zero attached hydrogens (tertiary/aromatic N) is 5. The molecule has 0 atom stereocenters. The third-order valence-corrected chi connectivity index (χ3v) is 9.22. The molecule has 0 fully saturated rings. The van der Waals surface area contributed by atoms with Gasteiger partial charge in [0.25, 0.3) is 11.1 Å². The first kappa shape index (κ1) is 26.1. The number of nitriles is 1. The molecule has 0 aliphatic rings. The highest BCUT2D eigenvalue weighted by atomic mass is 32.2. The molecule has 42 heavy (non-hydrogen) atoms. The van der Waals surface area contributed by atoms with E-state index in [2.05, 4.69) is 61.9 Å². The molecule has 1 N–H and O–H groups in total. The Kier molecular flexibility index (Phi) is 6.97. The normalized spacial score (nSPS) is 11.2. The van der Waals surface area contributed by atoms with E-state index in [4.69, 9.17) is 14.4 Å². The zero-order valence-corrected chi connectivity index (χ0v) is 24.1. The zero-order valence-electron chi connectivity index (χ0n) is 21.6. The van der Waals surface area contributed by atoms with Crippen LogP contribution >= 0.6 is 34.4 Å². The van der Waals surface area contributed by atoms with Gasteiger partial charge in [0.2, 0.25) is 5.91 Å². The smallest absolute Gasteiger partial charge is 0.277 e. The highest BCUT2D eigenvalue weighted by molar-refractivity contribution is 7.99. The largest absolute Gasteiger partial charge is 0.483 e. The van der Waals surface area contributed by atoms with Crippen molar-refractivity contribution in [3.05, 3.63) is 90.4 Å². The summed E-state index contributed by atoms with van der Waals surface area (Å²) in [5, 5.41) is 22.8. The summed E-state index contributed by atoms with van der Waals surface area (Å²) in [7, 11) is 0. The van der Waals surface area contributed by atoms with E-state index in [0.29, 0.717) is 22.3 Å². The summed E-state index contributed by atoms with van der Waals surface area (Å²) in [5.74, 6) is 0.765. The molecule has 7 aromatic rings. The number of thiazole rings is 1. The van der Waals surface area contributed by atoms with Gasteiger partial charge in [0, 0.05) is 21.2 Å². The second kappa shape index (κ2) is 11.2. The van der Waals surface area contributed by atoms with Crippen molar-refractivity contribution in [2.75, 3.05) is 11.1 Å². The van der Waals surface area contributed by atoms with Gasteiger partial charge in [0.15, 0.2) is 11.7 Å². The number of hydrogen-bond donors (Lipinski definition) is 1. The van der Waals surface area contributed by atoms with Crippen LogP contribution in [0.2, 0.25) is 0 Å². The minimum atomic E-state index is -0.256. The highest BCUT2D eigenvalue weighted by Gasteiger charge is 2.14. The number of pyridine rings is 1. The lowest BCUT2D eigenvalue weighted by Gasteiger charge is -2.08. The SMILES string of the molecule is N#Cc1ccc2nc(NC(=O)CSc3nnc(COc4ccnc5ccc(-c6cc7ccccc7s6)cc45)o3)sc2c1. The summed E-state index contributed by atoms with van der Waals surface area (Å²) in [6.07, 6.45) is 1.71. The third-order valence-electron chi connectivity index (χ3n) is 6.30. The zero-order chi connectivity index (χ0) is 28.5. The fourth-order valence-electron chi connectivity index (χ4n) is 4.35. The van der Waals surface area contributed by atoms with Gasteiger partial charge in [0.05, 0.1) is 33.1 Å². The van der Waals surface area contributed by atoms with Crippen LogP contribution in [0, 0.1) is 11.3 Å². The second-order valence-corrected chi connectivity index (χ2v) is 12.1. The molecule has 4 aromatic heterocycles. The van der Waals surface area contributed by atoms with E-state index in [1.807, 2.05) is 24.3 Å². The van der Waals surface area contributed by atoms with Crippen molar-refractivity contribution in [3.63, 3.8) is 0 Å². The van der Waals surface area contributed by atoms with E-state index < -0.39 is 0 Å². The van der Waals surface area contributed by atoms with Crippen LogP contribution in [-0.2, 0) is 11.4 Å². The predicted molar refractivity (Wildman–Crippen MR) is 165 cm³/mol. The number of thioether (sulfide) groups is 1. The number of rotatable bonds is 8. The van der Waals surface area contributed by atoms with E-state index in [9.17, 15) is 4.79 Å². The molecule has 204 valence electrons. The lowest BCUT2D eigenvalue weighted by Crippen LogP contribution is -2.13. The van der Waals surface area contributed by atoms with Crippen LogP contribution in [0.5, 0.6) is 5.75 Å². The van der Waals surface area contributed by atoms with E-state index in [-0.39, 0.29) is 23.5 Å². The van der Waals surface area contributed by atoms with Crippen LogP contribution in [0.3, 0.4) is 0 Å². The maximum Gasteiger partial charge on any atom is 0.277 e. The van der Waals surface area contributed by atoms with Gasteiger partial charge in [-0.25, -0.2) is 4.98 Å². The van der Waals surface area contributed by atoms with Gasteiger partial charge >= 0.3 is 0 Å². The first-order valence-electron chi connectivity index (χ1n) is 12.7. The van der Waals surface area contributed by atoms with Crippen molar-refractivity contribution >= 4 is 76.7 Å². The Bertz CT molecular complexity index is 2110. The summed E-state index contributed by atoms with van der Waals surface area (Å²) in [6, 6.07) is 25.8. The number of nitrogens with one attached hydrogen (secondary N) is 1. The third kappa shape index (κ3) is 5.40. The molecule has 0 saturated heterocycles. The van der Waals surface area contributed by atoms with Crippen molar-refractivity contribution in [2.45, 2.75) is 11.8 Å². The Morgan fingerprint density at radius 3 is 2.81 bits per heavy atom. The Morgan fingerprint density at radius 2 is 1.90 bits per heavy atom. The molecule has 0 unspecified atom stereocenters. The maximum atomic E-state index is 12.5. The topological polar surface area (TPSA) is 127 Å². The number of benzene rings is 3. The van der Waals surface area contributed by atoms with Gasteiger partial charge in [0.1, 0.15) is 5.75 Å². The lowest BCUT2D eigenvalue weighted by atomic mass is 10.1. The van der Waals surface area contributed by atoms with E-state index in [0.717, 1.165) is 38.4 Å². The quantitative estimate of drug-likeness (QED) is 0.177. The summed E-state index contributed by atoms with van der Waals surface area (Å²) in [5.41, 5.74) is 3.18. The first-order chi connectivity index (χ1) is 20.6. The fraction of sp³-hybridized carbons (Fsp3) is 0.0667. The van der Waals surface area contributed by atoms with E-state index in [1.165, 1.54) is 26.3 Å². The molecule has 0 radical (unpaired) electrons. The van der Waals surface area contributed by atoms with Crippen LogP contribution in [0.25, 0.3) is 41.6 Å². The van der Waals surface area contributed by atoms with E-state index >= 15 is 0 Å². The van der Waals surface area contributed by atoms with E-state index in [1.54, 1.807) is 35.7 Å². The fourth-order valence-corrected chi connectivity index (χ4v) is 6.91. The van der Waals surface area contributed by atoms with Gasteiger partial charge in [-0.15, -0.1) is 21.5 Å². The average molecular weight is 607 g/mol. The first-order valence-corrected chi connectivity index (χ1v) is 15.3. The summed E-state index contributed by atoms with van der Waals surface area (Å²) >= 11 is 4.18. The van der Waals surface area contributed by atoms with Gasteiger partial charge in [-0.05, 0) is 59.5 Å². The lowest BCUT2D eigenvalue weighted by molar-refractivity contribution is -0.113. The molecule has 12 heteroatoms. The number of anilines is 1. The van der Waals surface area contributed by atoms with Crippen molar-refractivity contribution in [1.29, 1.82) is 5.26 Å². The molecule has 1 amide bonds. The number of hydrogen-bond acceptors (Lipinski definition) is 11. The second-order valence-electron chi connectivity index (χ2n) is 9.09. The molecule has 9 nitrogen and oxygen atoms in total. The molecule has 4 heterocycles. The molecule has 0 spiro atoms. The Morgan fingerprint density at radius 1 is 1.00 bits per heavy atom. The number of carbonyl (C=O) groups excluding carboxylic acids is 1. The van der Waals surface area contributed by atoms with Crippen molar-refractivity contribution in [3.8, 4) is 22.3 Å². The molecule has 3 aromatic carbocycles. The molecular formula is C30H18N6O3S3. The van der Waals surface area contributed by atoms with Crippen LogP contribution < -0.4 is 10.1 Å². The Labute approximate surface area is 250 Å². The Balaban J connectivity index is 0.991. The molecule has 0 bridgehead atoms. The molecular weight excluding hydrogens is 589 g/mol. The molecule has 0 aliphatic heterocycles. The van der Waals surface area contributed by atoms with Gasteiger partial charge < -0.3 is 14.5 Å². The van der Waals surface area contributed by atoms with Gasteiger partial charge in [-0.1, -0.05) is 47.4 Å². The number of aromatic nitrogens is 4. The molecule has 0 saturated carbocycles. The van der Waals surface area contributed by atoms with Gasteiger partial charge in [-0.2, -0.15) is 5.26 Å². The average Bonchev–Trinajstić information content (AvgIpc) is 3.76. The number of amides is 1. The standard InChI is InChI=1S/C30H18N6O3S3/c31-14-17-5-7-22-26(11-17)42-29(33-22)34-27(37)16-40-30-36-35-28(39-30)15-38-23-9-10-32-21-8-6-19(12-20(21)23)25-13-18-3-1-2-4-24(18)41-25/h1-13H,15-16H2,(H,33,34,37). The predicted octanol–water partition coefficient (Wildman–Crippen LogP) is 7.29. The number of fused-ring (bicyclic) bond motifs is 3. The number of ether oxygens (including phenoxy) is 1.